The molecule has 2 rings (SSSR count). The first-order chi connectivity index (χ1) is 9.10. The van der Waals surface area contributed by atoms with Crippen LogP contribution in [0.1, 0.15) is 5.56 Å². The molecule has 19 heavy (non-hydrogen) atoms. The van der Waals surface area contributed by atoms with Gasteiger partial charge in [-0.1, -0.05) is 28.4 Å². The number of hydrogen-bond acceptors (Lipinski definition) is 3. The van der Waals surface area contributed by atoms with Crippen LogP contribution in [0.15, 0.2) is 47.6 Å². The van der Waals surface area contributed by atoms with Gasteiger partial charge in [-0.15, -0.1) is 0 Å². The average molecular weight is 297 g/mol. The summed E-state index contributed by atoms with van der Waals surface area (Å²) in [6, 6.07) is 11.8. The van der Waals surface area contributed by atoms with Crippen molar-refractivity contribution in [3.05, 3.63) is 58.1 Å². The summed E-state index contributed by atoms with van der Waals surface area (Å²) in [7, 11) is 0. The van der Waals surface area contributed by atoms with Crippen LogP contribution in [-0.4, -0.2) is 11.0 Å². The second-order valence-electron chi connectivity index (χ2n) is 3.68. The van der Waals surface area contributed by atoms with Crippen molar-refractivity contribution in [3.63, 3.8) is 0 Å². The first kappa shape index (κ1) is 13.5. The molecule has 0 aliphatic carbocycles. The lowest BCUT2D eigenvalue weighted by Crippen LogP contribution is -2.13. The Morgan fingerprint density at radius 3 is 2.26 bits per heavy atom. The summed E-state index contributed by atoms with van der Waals surface area (Å²) in [5, 5.41) is 12.5. The molecule has 2 aromatic carbocycles. The van der Waals surface area contributed by atoms with Crippen molar-refractivity contribution >= 4 is 29.0 Å². The van der Waals surface area contributed by atoms with Crippen LogP contribution in [-0.2, 0) is 0 Å². The molecule has 0 radical (unpaired) electrons. The summed E-state index contributed by atoms with van der Waals surface area (Å²) in [5.41, 5.74) is 5.91. The van der Waals surface area contributed by atoms with Crippen molar-refractivity contribution in [2.75, 3.05) is 0 Å². The predicted molar refractivity (Wildman–Crippen MR) is 75.5 cm³/mol. The van der Waals surface area contributed by atoms with Crippen LogP contribution in [0.25, 0.3) is 0 Å². The zero-order valence-corrected chi connectivity index (χ0v) is 11.2. The van der Waals surface area contributed by atoms with E-state index in [9.17, 15) is 0 Å². The first-order valence-corrected chi connectivity index (χ1v) is 6.06. The topological polar surface area (TPSA) is 67.8 Å². The summed E-state index contributed by atoms with van der Waals surface area (Å²) < 4.78 is 5.60. The van der Waals surface area contributed by atoms with Gasteiger partial charge in [0.1, 0.15) is 11.5 Å². The summed E-state index contributed by atoms with van der Waals surface area (Å²) in [6.07, 6.45) is 0. The van der Waals surface area contributed by atoms with Gasteiger partial charge < -0.3 is 15.7 Å². The lowest BCUT2D eigenvalue weighted by atomic mass is 10.2. The molecular formula is C13H10Cl2N2O2. The zero-order chi connectivity index (χ0) is 13.8. The van der Waals surface area contributed by atoms with Crippen LogP contribution in [0.3, 0.4) is 0 Å². The maximum absolute atomic E-state index is 8.60. The third-order valence-corrected chi connectivity index (χ3v) is 2.94. The number of nitrogens with zero attached hydrogens (tertiary/aromatic N) is 1. The molecule has 0 saturated heterocycles. The van der Waals surface area contributed by atoms with E-state index < -0.39 is 0 Å². The molecule has 0 aliphatic heterocycles. The number of halogens is 2. The van der Waals surface area contributed by atoms with Crippen molar-refractivity contribution < 1.29 is 9.94 Å². The molecule has 4 nitrogen and oxygen atoms in total. The van der Waals surface area contributed by atoms with Crippen molar-refractivity contribution in [2.45, 2.75) is 0 Å². The van der Waals surface area contributed by atoms with Gasteiger partial charge in [0.05, 0.1) is 5.02 Å². The van der Waals surface area contributed by atoms with Crippen LogP contribution in [0, 0.1) is 0 Å². The molecule has 0 heterocycles. The fourth-order valence-corrected chi connectivity index (χ4v) is 1.85. The Morgan fingerprint density at radius 1 is 1.05 bits per heavy atom. The second kappa shape index (κ2) is 5.82. The Hall–Kier alpha value is -1.91. The number of amidine groups is 1. The standard InChI is InChI=1S/C13H10Cl2N2O2/c14-8-1-3-9(4-2-8)19-10-5-6-11(12(15)7-10)13(16)17-18/h1-7,18H,(H2,16,17). The van der Waals surface area contributed by atoms with Gasteiger partial charge in [0, 0.05) is 16.7 Å². The highest BCUT2D eigenvalue weighted by Crippen LogP contribution is 2.27. The number of ether oxygens (including phenoxy) is 1. The highest BCUT2D eigenvalue weighted by atomic mass is 35.5. The van der Waals surface area contributed by atoms with E-state index in [0.717, 1.165) is 0 Å². The Balaban J connectivity index is 2.23. The average Bonchev–Trinajstić information content (AvgIpc) is 2.41. The molecule has 0 spiro atoms. The van der Waals surface area contributed by atoms with Gasteiger partial charge in [-0.3, -0.25) is 0 Å². The summed E-state index contributed by atoms with van der Waals surface area (Å²) in [5.74, 6) is 1.13. The number of oxime groups is 1. The molecule has 0 aliphatic rings. The van der Waals surface area contributed by atoms with Crippen molar-refractivity contribution in [3.8, 4) is 11.5 Å². The van der Waals surface area contributed by atoms with E-state index in [4.69, 9.17) is 38.9 Å². The van der Waals surface area contributed by atoms with Gasteiger partial charge in [-0.2, -0.15) is 0 Å². The largest absolute Gasteiger partial charge is 0.457 e. The van der Waals surface area contributed by atoms with Crippen LogP contribution >= 0.6 is 23.2 Å². The van der Waals surface area contributed by atoms with Gasteiger partial charge in [0.25, 0.3) is 0 Å². The molecule has 0 unspecified atom stereocenters. The molecule has 0 saturated carbocycles. The highest BCUT2D eigenvalue weighted by Gasteiger charge is 2.07. The molecule has 0 bridgehead atoms. The number of hydrogen-bond donors (Lipinski definition) is 2. The lowest BCUT2D eigenvalue weighted by Gasteiger charge is -2.08. The number of rotatable bonds is 3. The Labute approximate surface area is 120 Å². The van der Waals surface area contributed by atoms with Crippen LogP contribution in [0.5, 0.6) is 11.5 Å². The highest BCUT2D eigenvalue weighted by molar-refractivity contribution is 6.34. The van der Waals surface area contributed by atoms with E-state index in [2.05, 4.69) is 5.16 Å². The normalized spacial score (nSPS) is 11.4. The zero-order valence-electron chi connectivity index (χ0n) is 9.68. The van der Waals surface area contributed by atoms with Crippen LogP contribution in [0.4, 0.5) is 0 Å². The van der Waals surface area contributed by atoms with E-state index in [1.165, 1.54) is 0 Å². The minimum Gasteiger partial charge on any atom is -0.457 e. The minimum atomic E-state index is -0.0527. The summed E-state index contributed by atoms with van der Waals surface area (Å²) in [6.45, 7) is 0. The predicted octanol–water partition coefficient (Wildman–Crippen LogP) is 3.88. The Bertz CT molecular complexity index is 613. The number of nitrogens with two attached hydrogens (primary N) is 1. The van der Waals surface area contributed by atoms with Gasteiger partial charge in [-0.25, -0.2) is 0 Å². The molecular weight excluding hydrogens is 287 g/mol. The number of benzene rings is 2. The summed E-state index contributed by atoms with van der Waals surface area (Å²) >= 11 is 11.8. The van der Waals surface area contributed by atoms with Crippen molar-refractivity contribution in [1.29, 1.82) is 0 Å². The summed E-state index contributed by atoms with van der Waals surface area (Å²) in [4.78, 5) is 0. The molecule has 0 amide bonds. The Morgan fingerprint density at radius 2 is 1.68 bits per heavy atom. The smallest absolute Gasteiger partial charge is 0.171 e. The fourth-order valence-electron chi connectivity index (χ4n) is 1.46. The van der Waals surface area contributed by atoms with Gasteiger partial charge in [-0.05, 0) is 36.4 Å². The van der Waals surface area contributed by atoms with Gasteiger partial charge in [0.2, 0.25) is 0 Å². The second-order valence-corrected chi connectivity index (χ2v) is 4.53. The van der Waals surface area contributed by atoms with E-state index in [1.54, 1.807) is 42.5 Å². The van der Waals surface area contributed by atoms with Crippen LogP contribution in [0.2, 0.25) is 10.0 Å². The molecule has 0 fully saturated rings. The fraction of sp³-hybridized carbons (Fsp3) is 0. The molecule has 2 aromatic rings. The third kappa shape index (κ3) is 3.30. The van der Waals surface area contributed by atoms with Gasteiger partial charge in [0.15, 0.2) is 5.84 Å². The maximum atomic E-state index is 8.60. The van der Waals surface area contributed by atoms with Crippen molar-refractivity contribution in [2.24, 2.45) is 10.9 Å². The molecule has 3 N–H and O–H groups in total. The minimum absolute atomic E-state index is 0.0527. The maximum Gasteiger partial charge on any atom is 0.171 e. The van der Waals surface area contributed by atoms with E-state index in [1.807, 2.05) is 0 Å². The lowest BCUT2D eigenvalue weighted by molar-refractivity contribution is 0.318. The van der Waals surface area contributed by atoms with E-state index in [0.29, 0.717) is 27.1 Å². The van der Waals surface area contributed by atoms with Crippen LogP contribution < -0.4 is 10.5 Å². The molecule has 98 valence electrons. The van der Waals surface area contributed by atoms with Gasteiger partial charge >= 0.3 is 0 Å². The van der Waals surface area contributed by atoms with E-state index in [-0.39, 0.29) is 5.84 Å². The quantitative estimate of drug-likeness (QED) is 0.391. The third-order valence-electron chi connectivity index (χ3n) is 2.37. The van der Waals surface area contributed by atoms with Crippen molar-refractivity contribution in [1.82, 2.24) is 0 Å². The monoisotopic (exact) mass is 296 g/mol. The molecule has 0 atom stereocenters. The SMILES string of the molecule is NC(=NO)c1ccc(Oc2ccc(Cl)cc2)cc1Cl. The Kier molecular flexibility index (Phi) is 4.14. The molecule has 6 heteroatoms. The molecule has 0 aromatic heterocycles. The first-order valence-electron chi connectivity index (χ1n) is 5.31. The van der Waals surface area contributed by atoms with E-state index >= 15 is 0 Å².